The lowest BCUT2D eigenvalue weighted by Crippen LogP contribution is -2.14. The minimum atomic E-state index is -0.281. The number of carbonyl (C=O) groups is 1. The molecule has 0 aliphatic carbocycles. The smallest absolute Gasteiger partial charge is 0.333 e. The van der Waals surface area contributed by atoms with E-state index in [-0.39, 0.29) is 5.97 Å². The number of hydrogen-bond acceptors (Lipinski definition) is 3. The van der Waals surface area contributed by atoms with E-state index >= 15 is 0 Å². The molecular formula is C11H21NO2. The van der Waals surface area contributed by atoms with Crippen molar-refractivity contribution in [2.45, 2.75) is 33.1 Å². The Balaban J connectivity index is 3.13. The van der Waals surface area contributed by atoms with Crippen molar-refractivity contribution in [2.75, 3.05) is 19.7 Å². The Bertz CT molecular complexity index is 178. The summed E-state index contributed by atoms with van der Waals surface area (Å²) in [5.74, 6) is -0.281. The zero-order chi connectivity index (χ0) is 10.8. The maximum absolute atomic E-state index is 10.9. The van der Waals surface area contributed by atoms with E-state index < -0.39 is 0 Å². The van der Waals surface area contributed by atoms with E-state index in [4.69, 9.17) is 4.74 Å². The third-order valence-corrected chi connectivity index (χ3v) is 1.83. The predicted molar refractivity (Wildman–Crippen MR) is 58.2 cm³/mol. The van der Waals surface area contributed by atoms with Crippen LogP contribution in [0.2, 0.25) is 0 Å². The average Bonchev–Trinajstić information content (AvgIpc) is 2.16. The molecule has 0 aromatic heterocycles. The van der Waals surface area contributed by atoms with Gasteiger partial charge in [-0.05, 0) is 39.3 Å². The van der Waals surface area contributed by atoms with Gasteiger partial charge in [-0.15, -0.1) is 0 Å². The third-order valence-electron chi connectivity index (χ3n) is 1.83. The van der Waals surface area contributed by atoms with Gasteiger partial charge >= 0.3 is 5.97 Å². The summed E-state index contributed by atoms with van der Waals surface area (Å²) in [4.78, 5) is 10.9. The Labute approximate surface area is 86.5 Å². The summed E-state index contributed by atoms with van der Waals surface area (Å²) in [5, 5.41) is 3.24. The molecule has 0 rings (SSSR count). The van der Waals surface area contributed by atoms with Gasteiger partial charge in [0, 0.05) is 5.57 Å². The molecule has 0 atom stereocenters. The fourth-order valence-corrected chi connectivity index (χ4v) is 0.994. The zero-order valence-electron chi connectivity index (χ0n) is 9.27. The van der Waals surface area contributed by atoms with Crippen molar-refractivity contribution in [3.8, 4) is 0 Å². The lowest BCUT2D eigenvalue weighted by atomic mass is 10.2. The second-order valence-electron chi connectivity index (χ2n) is 3.33. The van der Waals surface area contributed by atoms with E-state index in [1.165, 1.54) is 0 Å². The quantitative estimate of drug-likeness (QED) is 0.368. The number of esters is 1. The largest absolute Gasteiger partial charge is 0.462 e. The van der Waals surface area contributed by atoms with Gasteiger partial charge in [0.15, 0.2) is 0 Å². The van der Waals surface area contributed by atoms with E-state index in [1.54, 1.807) is 6.92 Å². The molecule has 0 aromatic carbocycles. The number of hydrogen-bond donors (Lipinski definition) is 1. The highest BCUT2D eigenvalue weighted by atomic mass is 16.5. The lowest BCUT2D eigenvalue weighted by molar-refractivity contribution is -0.139. The highest BCUT2D eigenvalue weighted by Crippen LogP contribution is 1.97. The lowest BCUT2D eigenvalue weighted by Gasteiger charge is -2.04. The zero-order valence-corrected chi connectivity index (χ0v) is 9.27. The molecule has 82 valence electrons. The molecule has 0 heterocycles. The molecule has 14 heavy (non-hydrogen) atoms. The summed E-state index contributed by atoms with van der Waals surface area (Å²) in [7, 11) is 0. The van der Waals surface area contributed by atoms with Crippen molar-refractivity contribution in [3.05, 3.63) is 12.2 Å². The first kappa shape index (κ1) is 13.2. The van der Waals surface area contributed by atoms with E-state index in [0.717, 1.165) is 32.4 Å². The molecule has 0 fully saturated rings. The van der Waals surface area contributed by atoms with Crippen LogP contribution in [0.3, 0.4) is 0 Å². The molecule has 1 N–H and O–H groups in total. The molecule has 0 saturated carbocycles. The van der Waals surface area contributed by atoms with Gasteiger partial charge in [-0.25, -0.2) is 4.79 Å². The topological polar surface area (TPSA) is 38.3 Å². The highest BCUT2D eigenvalue weighted by molar-refractivity contribution is 5.86. The van der Waals surface area contributed by atoms with Crippen LogP contribution in [-0.2, 0) is 9.53 Å². The molecule has 3 heteroatoms. The van der Waals surface area contributed by atoms with Gasteiger partial charge in [-0.3, -0.25) is 0 Å². The van der Waals surface area contributed by atoms with Crippen molar-refractivity contribution in [2.24, 2.45) is 0 Å². The minimum Gasteiger partial charge on any atom is -0.462 e. The number of carbonyl (C=O) groups excluding carboxylic acids is 1. The van der Waals surface area contributed by atoms with Gasteiger partial charge in [-0.2, -0.15) is 0 Å². The minimum absolute atomic E-state index is 0.281. The first-order valence-corrected chi connectivity index (χ1v) is 5.21. The van der Waals surface area contributed by atoms with Gasteiger partial charge in [0.05, 0.1) is 6.61 Å². The van der Waals surface area contributed by atoms with Crippen LogP contribution < -0.4 is 5.32 Å². The standard InChI is InChI=1S/C11H21NO2/c1-4-12-8-6-5-7-9-14-11(13)10(2)3/h12H,2,4-9H2,1,3H3. The Hall–Kier alpha value is -0.830. The van der Waals surface area contributed by atoms with Gasteiger partial charge in [0.1, 0.15) is 0 Å². The summed E-state index contributed by atoms with van der Waals surface area (Å²) in [5.41, 5.74) is 0.470. The van der Waals surface area contributed by atoms with E-state index in [0.29, 0.717) is 12.2 Å². The molecular weight excluding hydrogens is 178 g/mol. The van der Waals surface area contributed by atoms with Crippen LogP contribution in [0.15, 0.2) is 12.2 Å². The summed E-state index contributed by atoms with van der Waals surface area (Å²) < 4.78 is 4.95. The normalized spacial score (nSPS) is 9.86. The van der Waals surface area contributed by atoms with Gasteiger partial charge in [0.2, 0.25) is 0 Å². The first-order chi connectivity index (χ1) is 6.68. The van der Waals surface area contributed by atoms with Crippen molar-refractivity contribution in [3.63, 3.8) is 0 Å². The number of nitrogens with one attached hydrogen (secondary N) is 1. The van der Waals surface area contributed by atoms with Crippen LogP contribution in [-0.4, -0.2) is 25.7 Å². The predicted octanol–water partition coefficient (Wildman–Crippen LogP) is 1.89. The average molecular weight is 199 g/mol. The molecule has 0 spiro atoms. The van der Waals surface area contributed by atoms with E-state index in [2.05, 4.69) is 18.8 Å². The maximum atomic E-state index is 10.9. The fourth-order valence-electron chi connectivity index (χ4n) is 0.994. The van der Waals surface area contributed by atoms with Crippen molar-refractivity contribution in [1.29, 1.82) is 0 Å². The molecule has 0 aliphatic heterocycles. The summed E-state index contributed by atoms with van der Waals surface area (Å²) in [6, 6.07) is 0. The molecule has 0 saturated heterocycles. The Morgan fingerprint density at radius 3 is 2.64 bits per heavy atom. The number of unbranched alkanes of at least 4 members (excludes halogenated alkanes) is 2. The summed E-state index contributed by atoms with van der Waals surface area (Å²) >= 11 is 0. The molecule has 0 aromatic rings. The summed E-state index contributed by atoms with van der Waals surface area (Å²) in [6.45, 7) is 9.84. The molecule has 0 aliphatic rings. The van der Waals surface area contributed by atoms with Gasteiger partial charge in [0.25, 0.3) is 0 Å². The maximum Gasteiger partial charge on any atom is 0.333 e. The Morgan fingerprint density at radius 2 is 2.07 bits per heavy atom. The monoisotopic (exact) mass is 199 g/mol. The van der Waals surface area contributed by atoms with Crippen LogP contribution in [0.25, 0.3) is 0 Å². The fraction of sp³-hybridized carbons (Fsp3) is 0.727. The van der Waals surface area contributed by atoms with Crippen LogP contribution in [0.1, 0.15) is 33.1 Å². The third kappa shape index (κ3) is 7.80. The second kappa shape index (κ2) is 8.75. The molecule has 0 unspecified atom stereocenters. The Morgan fingerprint density at radius 1 is 1.36 bits per heavy atom. The van der Waals surface area contributed by atoms with Crippen molar-refractivity contribution >= 4 is 5.97 Å². The molecule has 3 nitrogen and oxygen atoms in total. The number of rotatable bonds is 8. The second-order valence-corrected chi connectivity index (χ2v) is 3.33. The number of ether oxygens (including phenoxy) is 1. The van der Waals surface area contributed by atoms with Crippen LogP contribution >= 0.6 is 0 Å². The highest BCUT2D eigenvalue weighted by Gasteiger charge is 2.01. The SMILES string of the molecule is C=C(C)C(=O)OCCCCCNCC. The van der Waals surface area contributed by atoms with E-state index in [1.807, 2.05) is 0 Å². The molecule has 0 bridgehead atoms. The van der Waals surface area contributed by atoms with Crippen LogP contribution in [0.5, 0.6) is 0 Å². The van der Waals surface area contributed by atoms with E-state index in [9.17, 15) is 4.79 Å². The molecule has 0 amide bonds. The molecule has 0 radical (unpaired) electrons. The van der Waals surface area contributed by atoms with Gasteiger partial charge in [-0.1, -0.05) is 13.5 Å². The van der Waals surface area contributed by atoms with Crippen molar-refractivity contribution in [1.82, 2.24) is 5.32 Å². The first-order valence-electron chi connectivity index (χ1n) is 5.21. The van der Waals surface area contributed by atoms with Crippen molar-refractivity contribution < 1.29 is 9.53 Å². The van der Waals surface area contributed by atoms with Crippen LogP contribution in [0, 0.1) is 0 Å². The summed E-state index contributed by atoms with van der Waals surface area (Å²) in [6.07, 6.45) is 3.17. The Kier molecular flexibility index (Phi) is 8.24. The van der Waals surface area contributed by atoms with Gasteiger partial charge < -0.3 is 10.1 Å². The van der Waals surface area contributed by atoms with Crippen LogP contribution in [0.4, 0.5) is 0 Å².